The van der Waals surface area contributed by atoms with Gasteiger partial charge in [0.2, 0.25) is 0 Å². The van der Waals surface area contributed by atoms with Crippen LogP contribution >= 0.6 is 27.5 Å². The van der Waals surface area contributed by atoms with Crippen LogP contribution in [0.2, 0.25) is 5.02 Å². The Morgan fingerprint density at radius 3 is 2.50 bits per heavy atom. The lowest BCUT2D eigenvalue weighted by Crippen LogP contribution is -2.02. The molecular formula is C15H15BrClN. The number of hydrogen-bond donors (Lipinski definition) is 1. The predicted molar refractivity (Wildman–Crippen MR) is 82.3 cm³/mol. The SMILES string of the molecule is CCc1ccccc1CNc1ccc(Br)cc1Cl. The average molecular weight is 325 g/mol. The van der Waals surface area contributed by atoms with Gasteiger partial charge in [-0.15, -0.1) is 0 Å². The molecule has 0 aliphatic heterocycles. The van der Waals surface area contributed by atoms with Crippen LogP contribution in [0.15, 0.2) is 46.9 Å². The molecule has 1 nitrogen and oxygen atoms in total. The molecule has 0 unspecified atom stereocenters. The zero-order valence-corrected chi connectivity index (χ0v) is 12.6. The van der Waals surface area contributed by atoms with E-state index in [0.717, 1.165) is 28.1 Å². The Morgan fingerprint density at radius 2 is 1.83 bits per heavy atom. The number of rotatable bonds is 4. The van der Waals surface area contributed by atoms with Gasteiger partial charge in [-0.25, -0.2) is 0 Å². The van der Waals surface area contributed by atoms with Crippen LogP contribution in [0, 0.1) is 0 Å². The summed E-state index contributed by atoms with van der Waals surface area (Å²) < 4.78 is 0.993. The van der Waals surface area contributed by atoms with E-state index in [9.17, 15) is 0 Å². The van der Waals surface area contributed by atoms with Crippen molar-refractivity contribution >= 4 is 33.2 Å². The van der Waals surface area contributed by atoms with Gasteiger partial charge in [-0.1, -0.05) is 58.7 Å². The van der Waals surface area contributed by atoms with Crippen LogP contribution in [0.4, 0.5) is 5.69 Å². The minimum Gasteiger partial charge on any atom is -0.380 e. The molecule has 0 saturated carbocycles. The lowest BCUT2D eigenvalue weighted by molar-refractivity contribution is 1.04. The van der Waals surface area contributed by atoms with Gasteiger partial charge in [-0.2, -0.15) is 0 Å². The molecule has 0 atom stereocenters. The molecule has 0 amide bonds. The Morgan fingerprint density at radius 1 is 1.11 bits per heavy atom. The fourth-order valence-corrected chi connectivity index (χ4v) is 2.64. The fourth-order valence-electron chi connectivity index (χ4n) is 1.90. The van der Waals surface area contributed by atoms with Crippen LogP contribution in [0.3, 0.4) is 0 Å². The number of hydrogen-bond acceptors (Lipinski definition) is 1. The van der Waals surface area contributed by atoms with E-state index in [4.69, 9.17) is 11.6 Å². The predicted octanol–water partition coefficient (Wildman–Crippen LogP) is 5.28. The molecule has 0 saturated heterocycles. The summed E-state index contributed by atoms with van der Waals surface area (Å²) in [6.07, 6.45) is 1.05. The van der Waals surface area contributed by atoms with Crippen molar-refractivity contribution in [2.24, 2.45) is 0 Å². The second-order valence-electron chi connectivity index (χ2n) is 4.10. The Hall–Kier alpha value is -0.990. The van der Waals surface area contributed by atoms with E-state index < -0.39 is 0 Å². The molecule has 2 aromatic rings. The third-order valence-corrected chi connectivity index (χ3v) is 3.71. The summed E-state index contributed by atoms with van der Waals surface area (Å²) in [6.45, 7) is 2.97. The number of nitrogens with one attached hydrogen (secondary N) is 1. The smallest absolute Gasteiger partial charge is 0.0648 e. The van der Waals surface area contributed by atoms with Crippen LogP contribution in [-0.2, 0) is 13.0 Å². The molecule has 0 aliphatic carbocycles. The molecule has 0 aliphatic rings. The van der Waals surface area contributed by atoms with Crippen molar-refractivity contribution in [3.8, 4) is 0 Å². The van der Waals surface area contributed by atoms with Crippen molar-refractivity contribution in [3.63, 3.8) is 0 Å². The Labute approximate surface area is 121 Å². The van der Waals surface area contributed by atoms with Crippen LogP contribution in [0.25, 0.3) is 0 Å². The van der Waals surface area contributed by atoms with Crippen LogP contribution in [-0.4, -0.2) is 0 Å². The summed E-state index contributed by atoms with van der Waals surface area (Å²) in [7, 11) is 0. The van der Waals surface area contributed by atoms with Crippen molar-refractivity contribution in [2.75, 3.05) is 5.32 Å². The molecular weight excluding hydrogens is 310 g/mol. The standard InChI is InChI=1S/C15H15BrClN/c1-2-11-5-3-4-6-12(11)10-18-15-8-7-13(16)9-14(15)17/h3-9,18H,2,10H2,1H3. The summed E-state index contributed by atoms with van der Waals surface area (Å²) in [4.78, 5) is 0. The zero-order chi connectivity index (χ0) is 13.0. The van der Waals surface area contributed by atoms with E-state index >= 15 is 0 Å². The van der Waals surface area contributed by atoms with Crippen molar-refractivity contribution in [1.29, 1.82) is 0 Å². The van der Waals surface area contributed by atoms with Crippen molar-refractivity contribution < 1.29 is 0 Å². The molecule has 2 aromatic carbocycles. The number of benzene rings is 2. The quantitative estimate of drug-likeness (QED) is 0.807. The first kappa shape index (κ1) is 13.4. The third kappa shape index (κ3) is 3.27. The normalized spacial score (nSPS) is 10.4. The minimum atomic E-state index is 0.735. The molecule has 0 radical (unpaired) electrons. The molecule has 0 aromatic heterocycles. The maximum Gasteiger partial charge on any atom is 0.0648 e. The molecule has 1 N–H and O–H groups in total. The van der Waals surface area contributed by atoms with Crippen molar-refractivity contribution in [2.45, 2.75) is 19.9 Å². The monoisotopic (exact) mass is 323 g/mol. The minimum absolute atomic E-state index is 0.735. The van der Waals surface area contributed by atoms with Crippen LogP contribution < -0.4 is 5.32 Å². The number of aryl methyl sites for hydroxylation is 1. The van der Waals surface area contributed by atoms with E-state index in [-0.39, 0.29) is 0 Å². The van der Waals surface area contributed by atoms with Gasteiger partial charge >= 0.3 is 0 Å². The zero-order valence-electron chi connectivity index (χ0n) is 10.2. The van der Waals surface area contributed by atoms with E-state index in [1.165, 1.54) is 11.1 Å². The molecule has 0 fully saturated rings. The van der Waals surface area contributed by atoms with Gasteiger partial charge in [0.15, 0.2) is 0 Å². The number of halogens is 2. The molecule has 18 heavy (non-hydrogen) atoms. The van der Waals surface area contributed by atoms with Gasteiger partial charge in [-0.3, -0.25) is 0 Å². The van der Waals surface area contributed by atoms with Gasteiger partial charge in [-0.05, 0) is 35.7 Å². The van der Waals surface area contributed by atoms with E-state index in [1.807, 2.05) is 18.2 Å². The average Bonchev–Trinajstić information content (AvgIpc) is 2.38. The van der Waals surface area contributed by atoms with Gasteiger partial charge in [0.1, 0.15) is 0 Å². The first-order valence-electron chi connectivity index (χ1n) is 5.96. The highest BCUT2D eigenvalue weighted by Crippen LogP contribution is 2.26. The highest BCUT2D eigenvalue weighted by atomic mass is 79.9. The highest BCUT2D eigenvalue weighted by molar-refractivity contribution is 9.10. The van der Waals surface area contributed by atoms with E-state index in [1.54, 1.807) is 0 Å². The largest absolute Gasteiger partial charge is 0.380 e. The van der Waals surface area contributed by atoms with Crippen molar-refractivity contribution in [1.82, 2.24) is 0 Å². The second-order valence-corrected chi connectivity index (χ2v) is 5.42. The summed E-state index contributed by atoms with van der Waals surface area (Å²) in [5.74, 6) is 0. The topological polar surface area (TPSA) is 12.0 Å². The van der Waals surface area contributed by atoms with Crippen LogP contribution in [0.1, 0.15) is 18.1 Å². The van der Waals surface area contributed by atoms with E-state index in [0.29, 0.717) is 0 Å². The third-order valence-electron chi connectivity index (χ3n) is 2.90. The molecule has 3 heteroatoms. The van der Waals surface area contributed by atoms with Gasteiger partial charge in [0.25, 0.3) is 0 Å². The fraction of sp³-hybridized carbons (Fsp3) is 0.200. The Kier molecular flexibility index (Phi) is 4.67. The first-order chi connectivity index (χ1) is 8.70. The molecule has 0 bridgehead atoms. The second kappa shape index (κ2) is 6.26. The van der Waals surface area contributed by atoms with Gasteiger partial charge in [0, 0.05) is 11.0 Å². The molecule has 94 valence electrons. The molecule has 2 rings (SSSR count). The Balaban J connectivity index is 2.11. The summed E-state index contributed by atoms with van der Waals surface area (Å²) in [5, 5.41) is 4.11. The molecule has 0 spiro atoms. The lowest BCUT2D eigenvalue weighted by atomic mass is 10.1. The number of anilines is 1. The Bertz CT molecular complexity index is 540. The summed E-state index contributed by atoms with van der Waals surface area (Å²) in [5.41, 5.74) is 3.66. The first-order valence-corrected chi connectivity index (χ1v) is 7.13. The maximum absolute atomic E-state index is 6.18. The molecule has 0 heterocycles. The van der Waals surface area contributed by atoms with Crippen molar-refractivity contribution in [3.05, 3.63) is 63.1 Å². The lowest BCUT2D eigenvalue weighted by Gasteiger charge is -2.11. The highest BCUT2D eigenvalue weighted by Gasteiger charge is 2.03. The summed E-state index contributed by atoms with van der Waals surface area (Å²) >= 11 is 9.58. The maximum atomic E-state index is 6.18. The van der Waals surface area contributed by atoms with Gasteiger partial charge in [0.05, 0.1) is 10.7 Å². The van der Waals surface area contributed by atoms with Gasteiger partial charge < -0.3 is 5.32 Å². The summed E-state index contributed by atoms with van der Waals surface area (Å²) in [6, 6.07) is 14.3. The van der Waals surface area contributed by atoms with Crippen LogP contribution in [0.5, 0.6) is 0 Å². The van der Waals surface area contributed by atoms with E-state index in [2.05, 4.69) is 52.4 Å².